The van der Waals surface area contributed by atoms with E-state index in [0.29, 0.717) is 12.2 Å². The van der Waals surface area contributed by atoms with E-state index in [1.807, 2.05) is 24.3 Å². The van der Waals surface area contributed by atoms with Crippen molar-refractivity contribution in [1.82, 2.24) is 0 Å². The van der Waals surface area contributed by atoms with Gasteiger partial charge in [0.25, 0.3) is 0 Å². The highest BCUT2D eigenvalue weighted by molar-refractivity contribution is 5.94. The molecule has 0 amide bonds. The van der Waals surface area contributed by atoms with Crippen molar-refractivity contribution in [3.63, 3.8) is 0 Å². The molecule has 0 radical (unpaired) electrons. The van der Waals surface area contributed by atoms with Crippen molar-refractivity contribution in [2.45, 2.75) is 50.1 Å². The lowest BCUT2D eigenvalue weighted by molar-refractivity contribution is -0.398. The first-order valence-electron chi connectivity index (χ1n) is 13.5. The molecule has 0 heterocycles. The minimum Gasteiger partial charge on any atom is -0.494 e. The minimum atomic E-state index is -7.11. The molecule has 14 heteroatoms. The topological polar surface area (TPSA) is 61.8 Å². The molecule has 3 aromatic carbocycles. The van der Waals surface area contributed by atoms with Gasteiger partial charge in [-0.1, -0.05) is 31.6 Å². The fourth-order valence-electron chi connectivity index (χ4n) is 3.57. The van der Waals surface area contributed by atoms with Crippen LogP contribution in [0.4, 0.5) is 39.5 Å². The third-order valence-electron chi connectivity index (χ3n) is 6.24. The van der Waals surface area contributed by atoms with Crippen LogP contribution in [0.2, 0.25) is 0 Å². The molecule has 5 nitrogen and oxygen atoms in total. The maximum Gasteiger partial charge on any atom is 0.460 e. The molecule has 0 N–H and O–H groups in total. The maximum atomic E-state index is 13.6. The van der Waals surface area contributed by atoms with Crippen molar-refractivity contribution in [3.8, 4) is 23.3 Å². The van der Waals surface area contributed by atoms with Gasteiger partial charge in [0.05, 0.1) is 17.7 Å². The van der Waals surface area contributed by atoms with E-state index in [2.05, 4.69) is 23.5 Å². The molecule has 46 heavy (non-hydrogen) atoms. The Morgan fingerprint density at radius 3 is 1.59 bits per heavy atom. The SMILES string of the molecule is CCCCCOc1ccc(C#Cc2ccc(OC(=O)c3ccc(C(=O)OCC(F)(F)C(F)(F)C(F)(F)C(F)(F)F)cc3)cc2)cc1. The molecule has 0 aliphatic rings. The standard InChI is InChI=1S/C32H25F9O5/c1-2-3-4-19-44-25-15-7-21(8-16-25)5-6-22-9-17-26(18-10-22)46-28(43)24-13-11-23(12-14-24)27(42)45-20-29(33,34)30(35,36)31(37,38)32(39,40)41/h7-18H,2-4,19-20H2,1H3. The van der Waals surface area contributed by atoms with Crippen molar-refractivity contribution >= 4 is 11.9 Å². The highest BCUT2D eigenvalue weighted by atomic mass is 19.4. The van der Waals surface area contributed by atoms with Gasteiger partial charge in [0.1, 0.15) is 11.5 Å². The number of carbonyl (C=O) groups is 2. The Balaban J connectivity index is 1.54. The summed E-state index contributed by atoms with van der Waals surface area (Å²) >= 11 is 0. The van der Waals surface area contributed by atoms with Crippen LogP contribution in [0.3, 0.4) is 0 Å². The molecule has 3 aromatic rings. The second-order valence-electron chi connectivity index (χ2n) is 9.75. The van der Waals surface area contributed by atoms with Gasteiger partial charge in [-0.05, 0) is 79.2 Å². The molecule has 0 aliphatic heterocycles. The van der Waals surface area contributed by atoms with Crippen molar-refractivity contribution in [1.29, 1.82) is 0 Å². The van der Waals surface area contributed by atoms with Crippen LogP contribution in [0, 0.1) is 11.8 Å². The quantitative estimate of drug-likeness (QED) is 0.0641. The number of benzene rings is 3. The van der Waals surface area contributed by atoms with Gasteiger partial charge >= 0.3 is 35.9 Å². The summed E-state index contributed by atoms with van der Waals surface area (Å²) < 4.78 is 131. The minimum absolute atomic E-state index is 0.113. The average Bonchev–Trinajstić information content (AvgIpc) is 3.01. The zero-order valence-corrected chi connectivity index (χ0v) is 23.9. The molecular weight excluding hydrogens is 635 g/mol. The first kappa shape index (κ1) is 35.8. The summed E-state index contributed by atoms with van der Waals surface area (Å²) in [6, 6.07) is 17.0. The van der Waals surface area contributed by atoms with Crippen molar-refractivity contribution in [2.75, 3.05) is 13.2 Å². The number of carbonyl (C=O) groups excluding carboxylic acids is 2. The number of alkyl halides is 9. The average molecular weight is 661 g/mol. The normalized spacial score (nSPS) is 12.1. The van der Waals surface area contributed by atoms with E-state index in [1.165, 1.54) is 12.1 Å². The van der Waals surface area contributed by atoms with Crippen molar-refractivity contribution in [2.24, 2.45) is 0 Å². The largest absolute Gasteiger partial charge is 0.494 e. The molecular formula is C32H25F9O5. The zero-order chi connectivity index (χ0) is 34.2. The van der Waals surface area contributed by atoms with Gasteiger partial charge in [-0.3, -0.25) is 0 Å². The molecule has 0 spiro atoms. The fourth-order valence-corrected chi connectivity index (χ4v) is 3.57. The highest BCUT2D eigenvalue weighted by Gasteiger charge is 2.82. The number of esters is 2. The van der Waals surface area contributed by atoms with Gasteiger partial charge < -0.3 is 14.2 Å². The number of hydrogen-bond acceptors (Lipinski definition) is 5. The van der Waals surface area contributed by atoms with Crippen molar-refractivity contribution in [3.05, 3.63) is 95.1 Å². The molecule has 246 valence electrons. The molecule has 0 saturated carbocycles. The van der Waals surface area contributed by atoms with Gasteiger partial charge in [-0.25, -0.2) is 9.59 Å². The van der Waals surface area contributed by atoms with Crippen LogP contribution in [0.25, 0.3) is 0 Å². The highest BCUT2D eigenvalue weighted by Crippen LogP contribution is 2.53. The second-order valence-corrected chi connectivity index (χ2v) is 9.75. The number of hydrogen-bond donors (Lipinski definition) is 0. The van der Waals surface area contributed by atoms with Gasteiger partial charge in [-0.15, -0.1) is 0 Å². The Labute approximate surface area is 257 Å². The molecule has 3 rings (SSSR count). The van der Waals surface area contributed by atoms with E-state index in [-0.39, 0.29) is 11.3 Å². The van der Waals surface area contributed by atoms with E-state index >= 15 is 0 Å². The maximum absolute atomic E-state index is 13.6. The van der Waals surface area contributed by atoms with Crippen LogP contribution in [0.1, 0.15) is 58.0 Å². The molecule has 0 atom stereocenters. The first-order chi connectivity index (χ1) is 21.5. The zero-order valence-electron chi connectivity index (χ0n) is 23.9. The number of rotatable bonds is 12. The summed E-state index contributed by atoms with van der Waals surface area (Å²) in [4.78, 5) is 24.4. The van der Waals surface area contributed by atoms with E-state index in [1.54, 1.807) is 12.1 Å². The summed E-state index contributed by atoms with van der Waals surface area (Å²) in [5.41, 5.74) is 0.599. The van der Waals surface area contributed by atoms with Gasteiger partial charge in [0.15, 0.2) is 6.61 Å². The predicted octanol–water partition coefficient (Wildman–Crippen LogP) is 8.50. The Bertz CT molecular complexity index is 1540. The summed E-state index contributed by atoms with van der Waals surface area (Å²) in [5, 5.41) is 0. The Hall–Kier alpha value is -4.67. The molecule has 0 bridgehead atoms. The van der Waals surface area contributed by atoms with Crippen LogP contribution in [-0.2, 0) is 4.74 Å². The molecule has 0 aromatic heterocycles. The second kappa shape index (κ2) is 14.6. The Morgan fingerprint density at radius 2 is 1.11 bits per heavy atom. The van der Waals surface area contributed by atoms with Gasteiger partial charge in [0, 0.05) is 11.1 Å². The molecule has 0 saturated heterocycles. The molecule has 0 fully saturated rings. The van der Waals surface area contributed by atoms with Gasteiger partial charge in [-0.2, -0.15) is 39.5 Å². The third-order valence-corrected chi connectivity index (χ3v) is 6.24. The Morgan fingerprint density at radius 1 is 0.630 bits per heavy atom. The van der Waals surface area contributed by atoms with Crippen LogP contribution in [0.15, 0.2) is 72.8 Å². The molecule has 0 unspecified atom stereocenters. The first-order valence-corrected chi connectivity index (χ1v) is 13.5. The lowest BCUT2D eigenvalue weighted by Crippen LogP contribution is -2.62. The number of halogens is 9. The summed E-state index contributed by atoms with van der Waals surface area (Å²) in [6.07, 6.45) is -3.83. The molecule has 0 aliphatic carbocycles. The summed E-state index contributed by atoms with van der Waals surface area (Å²) in [6.45, 7) is -0.0381. The lowest BCUT2D eigenvalue weighted by Gasteiger charge is -2.33. The van der Waals surface area contributed by atoms with Crippen molar-refractivity contribution < 1.29 is 63.3 Å². The van der Waals surface area contributed by atoms with Crippen LogP contribution in [-0.4, -0.2) is 49.1 Å². The predicted molar refractivity (Wildman–Crippen MR) is 146 cm³/mol. The monoisotopic (exact) mass is 660 g/mol. The van der Waals surface area contributed by atoms with E-state index in [0.717, 1.165) is 54.8 Å². The van der Waals surface area contributed by atoms with E-state index in [9.17, 15) is 49.1 Å². The number of ether oxygens (including phenoxy) is 3. The van der Waals surface area contributed by atoms with Crippen LogP contribution < -0.4 is 9.47 Å². The van der Waals surface area contributed by atoms with E-state index < -0.39 is 48.1 Å². The van der Waals surface area contributed by atoms with Gasteiger partial charge in [0.2, 0.25) is 0 Å². The summed E-state index contributed by atoms with van der Waals surface area (Å²) in [7, 11) is 0. The smallest absolute Gasteiger partial charge is 0.460 e. The lowest BCUT2D eigenvalue weighted by atomic mass is 10.0. The summed E-state index contributed by atoms with van der Waals surface area (Å²) in [5.74, 6) is -16.0. The third kappa shape index (κ3) is 8.74. The van der Waals surface area contributed by atoms with Crippen LogP contribution in [0.5, 0.6) is 11.5 Å². The number of unbranched alkanes of at least 4 members (excludes halogenated alkanes) is 2. The van der Waals surface area contributed by atoms with Crippen LogP contribution >= 0.6 is 0 Å². The Kier molecular flexibility index (Phi) is 11.4. The van der Waals surface area contributed by atoms with E-state index in [4.69, 9.17) is 9.47 Å². The fraction of sp³-hybridized carbons (Fsp3) is 0.312.